The van der Waals surface area contributed by atoms with Crippen LogP contribution in [0.2, 0.25) is 5.15 Å². The number of hydrogen-bond acceptors (Lipinski definition) is 3. The van der Waals surface area contributed by atoms with Gasteiger partial charge in [-0.3, -0.25) is 0 Å². The summed E-state index contributed by atoms with van der Waals surface area (Å²) < 4.78 is 12.8. The Morgan fingerprint density at radius 2 is 1.67 bits per heavy atom. The molecule has 0 aliphatic carbocycles. The Hall–Kier alpha value is -1.68. The molecular formula is C13H15ClFN3. The van der Waals surface area contributed by atoms with Crippen molar-refractivity contribution >= 4 is 17.5 Å². The van der Waals surface area contributed by atoms with Crippen molar-refractivity contribution in [1.29, 1.82) is 0 Å². The van der Waals surface area contributed by atoms with Gasteiger partial charge in [-0.1, -0.05) is 25.4 Å². The SMILES string of the molecule is CC.Cc1c(Cl)nc(N)nc1-c1ccc(F)cc1. The molecule has 0 saturated carbocycles. The van der Waals surface area contributed by atoms with Crippen LogP contribution < -0.4 is 5.73 Å². The summed E-state index contributed by atoms with van der Waals surface area (Å²) in [6, 6.07) is 5.98. The van der Waals surface area contributed by atoms with Crippen molar-refractivity contribution in [3.8, 4) is 11.3 Å². The molecule has 18 heavy (non-hydrogen) atoms. The number of anilines is 1. The third kappa shape index (κ3) is 3.17. The van der Waals surface area contributed by atoms with Gasteiger partial charge in [-0.15, -0.1) is 0 Å². The second-order valence-electron chi connectivity index (χ2n) is 3.35. The molecule has 2 aromatic rings. The highest BCUT2D eigenvalue weighted by atomic mass is 35.5. The molecule has 0 saturated heterocycles. The molecular weight excluding hydrogens is 253 g/mol. The van der Waals surface area contributed by atoms with Crippen molar-refractivity contribution in [3.05, 3.63) is 40.8 Å². The lowest BCUT2D eigenvalue weighted by molar-refractivity contribution is 0.628. The minimum Gasteiger partial charge on any atom is -0.368 e. The van der Waals surface area contributed by atoms with Crippen LogP contribution in [0.4, 0.5) is 10.3 Å². The van der Waals surface area contributed by atoms with E-state index in [4.69, 9.17) is 17.3 Å². The van der Waals surface area contributed by atoms with Gasteiger partial charge in [-0.2, -0.15) is 0 Å². The number of halogens is 2. The van der Waals surface area contributed by atoms with Gasteiger partial charge in [0.25, 0.3) is 0 Å². The van der Waals surface area contributed by atoms with Crippen LogP contribution in [0.25, 0.3) is 11.3 Å². The van der Waals surface area contributed by atoms with E-state index in [1.165, 1.54) is 12.1 Å². The number of rotatable bonds is 1. The van der Waals surface area contributed by atoms with Crippen LogP contribution in [-0.4, -0.2) is 9.97 Å². The Morgan fingerprint density at radius 3 is 2.22 bits per heavy atom. The largest absolute Gasteiger partial charge is 0.368 e. The van der Waals surface area contributed by atoms with E-state index in [2.05, 4.69) is 9.97 Å². The fourth-order valence-electron chi connectivity index (χ4n) is 1.39. The standard InChI is InChI=1S/C11H9ClFN3.C2H6/c1-6-9(15-11(14)16-10(6)12)7-2-4-8(13)5-3-7;1-2/h2-5H,1H3,(H2,14,15,16);1-2H3. The number of nitrogen functional groups attached to an aromatic ring is 1. The van der Waals surface area contributed by atoms with Gasteiger partial charge in [0.2, 0.25) is 5.95 Å². The third-order valence-electron chi connectivity index (χ3n) is 2.22. The minimum atomic E-state index is -0.297. The topological polar surface area (TPSA) is 51.8 Å². The maximum Gasteiger partial charge on any atom is 0.222 e. The fourth-order valence-corrected chi connectivity index (χ4v) is 1.57. The fraction of sp³-hybridized carbons (Fsp3) is 0.231. The zero-order chi connectivity index (χ0) is 13.7. The first-order valence-corrected chi connectivity index (χ1v) is 6.01. The Kier molecular flexibility index (Phi) is 5.04. The van der Waals surface area contributed by atoms with Crippen LogP contribution in [-0.2, 0) is 0 Å². The van der Waals surface area contributed by atoms with Crippen LogP contribution >= 0.6 is 11.6 Å². The monoisotopic (exact) mass is 267 g/mol. The van der Waals surface area contributed by atoms with Crippen LogP contribution in [0.15, 0.2) is 24.3 Å². The van der Waals surface area contributed by atoms with Gasteiger partial charge in [0.15, 0.2) is 0 Å². The lowest BCUT2D eigenvalue weighted by Gasteiger charge is -2.07. The van der Waals surface area contributed by atoms with Gasteiger partial charge in [-0.25, -0.2) is 14.4 Å². The molecule has 0 aliphatic rings. The maximum absolute atomic E-state index is 12.8. The molecule has 0 fully saturated rings. The van der Waals surface area contributed by atoms with Gasteiger partial charge >= 0.3 is 0 Å². The Morgan fingerprint density at radius 1 is 1.11 bits per heavy atom. The minimum absolute atomic E-state index is 0.106. The number of nitrogens with two attached hydrogens (primary N) is 1. The van der Waals surface area contributed by atoms with Gasteiger partial charge in [0.05, 0.1) is 5.69 Å². The average Bonchev–Trinajstić information content (AvgIpc) is 2.37. The van der Waals surface area contributed by atoms with Gasteiger partial charge < -0.3 is 5.73 Å². The summed E-state index contributed by atoms with van der Waals surface area (Å²) in [4.78, 5) is 7.93. The van der Waals surface area contributed by atoms with Crippen molar-refractivity contribution in [2.75, 3.05) is 5.73 Å². The number of nitrogens with zero attached hydrogens (tertiary/aromatic N) is 2. The molecule has 0 unspecified atom stereocenters. The molecule has 3 nitrogen and oxygen atoms in total. The highest BCUT2D eigenvalue weighted by molar-refractivity contribution is 6.30. The predicted octanol–water partition coefficient (Wildman–Crippen LogP) is 3.85. The summed E-state index contributed by atoms with van der Waals surface area (Å²) >= 11 is 5.90. The van der Waals surface area contributed by atoms with Crippen molar-refractivity contribution in [3.63, 3.8) is 0 Å². The first-order chi connectivity index (χ1) is 8.58. The van der Waals surface area contributed by atoms with Crippen LogP contribution in [0, 0.1) is 12.7 Å². The first-order valence-electron chi connectivity index (χ1n) is 5.63. The summed E-state index contributed by atoms with van der Waals surface area (Å²) in [7, 11) is 0. The maximum atomic E-state index is 12.8. The molecule has 0 atom stereocenters. The molecule has 0 spiro atoms. The Bertz CT molecular complexity index is 527. The molecule has 0 amide bonds. The van der Waals surface area contributed by atoms with Crippen LogP contribution in [0.5, 0.6) is 0 Å². The third-order valence-corrected chi connectivity index (χ3v) is 2.59. The van der Waals surface area contributed by atoms with E-state index < -0.39 is 0 Å². The van der Waals surface area contributed by atoms with Gasteiger partial charge in [-0.05, 0) is 31.2 Å². The van der Waals surface area contributed by atoms with E-state index in [-0.39, 0.29) is 11.8 Å². The summed E-state index contributed by atoms with van der Waals surface area (Å²) in [5.74, 6) is -0.190. The number of benzene rings is 1. The first kappa shape index (κ1) is 14.4. The van der Waals surface area contributed by atoms with E-state index in [0.29, 0.717) is 10.8 Å². The molecule has 1 aromatic carbocycles. The van der Waals surface area contributed by atoms with Crippen molar-refractivity contribution in [2.45, 2.75) is 20.8 Å². The molecule has 0 radical (unpaired) electrons. The van der Waals surface area contributed by atoms with Gasteiger partial charge in [0.1, 0.15) is 11.0 Å². The number of aromatic nitrogens is 2. The molecule has 1 aromatic heterocycles. The lowest BCUT2D eigenvalue weighted by Crippen LogP contribution is -2.00. The molecule has 0 aliphatic heterocycles. The second kappa shape index (κ2) is 6.31. The number of hydrogen-bond donors (Lipinski definition) is 1. The van der Waals surface area contributed by atoms with E-state index >= 15 is 0 Å². The lowest BCUT2D eigenvalue weighted by atomic mass is 10.1. The normalized spacial score (nSPS) is 9.61. The van der Waals surface area contributed by atoms with Crippen LogP contribution in [0.3, 0.4) is 0 Å². The zero-order valence-corrected chi connectivity index (χ0v) is 11.3. The smallest absolute Gasteiger partial charge is 0.222 e. The molecule has 2 N–H and O–H groups in total. The van der Waals surface area contributed by atoms with Crippen molar-refractivity contribution in [2.24, 2.45) is 0 Å². The quantitative estimate of drug-likeness (QED) is 0.799. The molecule has 1 heterocycles. The average molecular weight is 268 g/mol. The highest BCUT2D eigenvalue weighted by Gasteiger charge is 2.09. The van der Waals surface area contributed by atoms with E-state index in [9.17, 15) is 4.39 Å². The summed E-state index contributed by atoms with van der Waals surface area (Å²) in [6.45, 7) is 5.79. The van der Waals surface area contributed by atoms with E-state index in [0.717, 1.165) is 11.1 Å². The predicted molar refractivity (Wildman–Crippen MR) is 72.9 cm³/mol. The molecule has 96 valence electrons. The van der Waals surface area contributed by atoms with Crippen molar-refractivity contribution in [1.82, 2.24) is 9.97 Å². The summed E-state index contributed by atoms with van der Waals surface area (Å²) in [5.41, 5.74) is 7.62. The molecule has 2 rings (SSSR count). The summed E-state index contributed by atoms with van der Waals surface area (Å²) in [6.07, 6.45) is 0. The molecule has 0 bridgehead atoms. The van der Waals surface area contributed by atoms with Crippen LogP contribution in [0.1, 0.15) is 19.4 Å². The van der Waals surface area contributed by atoms with E-state index in [1.54, 1.807) is 19.1 Å². The van der Waals surface area contributed by atoms with Gasteiger partial charge in [0, 0.05) is 11.1 Å². The van der Waals surface area contributed by atoms with E-state index in [1.807, 2.05) is 13.8 Å². The molecule has 5 heteroatoms. The van der Waals surface area contributed by atoms with Crippen molar-refractivity contribution < 1.29 is 4.39 Å². The zero-order valence-electron chi connectivity index (χ0n) is 10.5. The second-order valence-corrected chi connectivity index (χ2v) is 3.71. The Balaban J connectivity index is 0.000000771. The Labute approximate surface area is 111 Å². The highest BCUT2D eigenvalue weighted by Crippen LogP contribution is 2.26. The summed E-state index contributed by atoms with van der Waals surface area (Å²) in [5, 5.41) is 0.312.